The number of furan rings is 1. The standard InChI is InChI=1S/C19H19ClN4O2/c1-19(2,3)17-10-15(22-23-17)18(25)24-21-11-14-8-9-16(26-14)12-4-6-13(20)7-5-12/h4-11H,1-3H3,(H,22,23)(H,24,25). The number of nitrogens with one attached hydrogen (secondary N) is 2. The van der Waals surface area contributed by atoms with E-state index in [-0.39, 0.29) is 11.1 Å². The van der Waals surface area contributed by atoms with Crippen LogP contribution in [-0.4, -0.2) is 22.3 Å². The van der Waals surface area contributed by atoms with E-state index in [1.807, 2.05) is 39.0 Å². The van der Waals surface area contributed by atoms with Gasteiger partial charge >= 0.3 is 0 Å². The molecular formula is C19H19ClN4O2. The van der Waals surface area contributed by atoms with Gasteiger partial charge in [0.1, 0.15) is 11.5 Å². The zero-order valence-corrected chi connectivity index (χ0v) is 15.5. The first-order valence-corrected chi connectivity index (χ1v) is 8.46. The van der Waals surface area contributed by atoms with Crippen molar-refractivity contribution in [3.05, 3.63) is 64.6 Å². The monoisotopic (exact) mass is 370 g/mol. The third-order valence-electron chi connectivity index (χ3n) is 3.73. The molecule has 6 nitrogen and oxygen atoms in total. The molecule has 1 aromatic carbocycles. The Labute approximate surface area is 156 Å². The molecule has 2 N–H and O–H groups in total. The predicted octanol–water partition coefficient (Wildman–Crippen LogP) is 4.38. The topological polar surface area (TPSA) is 83.3 Å². The summed E-state index contributed by atoms with van der Waals surface area (Å²) in [5.74, 6) is 0.821. The molecule has 1 amide bonds. The van der Waals surface area contributed by atoms with Crippen molar-refractivity contribution in [3.63, 3.8) is 0 Å². The number of carbonyl (C=O) groups is 1. The van der Waals surface area contributed by atoms with Crippen LogP contribution < -0.4 is 5.43 Å². The summed E-state index contributed by atoms with van der Waals surface area (Å²) in [7, 11) is 0. The van der Waals surface area contributed by atoms with Crippen molar-refractivity contribution in [2.75, 3.05) is 0 Å². The number of aromatic amines is 1. The van der Waals surface area contributed by atoms with Crippen molar-refractivity contribution in [2.24, 2.45) is 5.10 Å². The van der Waals surface area contributed by atoms with Gasteiger partial charge in [-0.05, 0) is 42.5 Å². The van der Waals surface area contributed by atoms with Gasteiger partial charge < -0.3 is 4.42 Å². The number of rotatable bonds is 4. The van der Waals surface area contributed by atoms with Crippen LogP contribution in [0.5, 0.6) is 0 Å². The van der Waals surface area contributed by atoms with E-state index in [0.717, 1.165) is 11.3 Å². The molecule has 26 heavy (non-hydrogen) atoms. The average Bonchev–Trinajstić information content (AvgIpc) is 3.24. The second-order valence-electron chi connectivity index (χ2n) is 6.82. The molecule has 2 aromatic heterocycles. The first kappa shape index (κ1) is 17.9. The van der Waals surface area contributed by atoms with Crippen molar-refractivity contribution in [1.29, 1.82) is 0 Å². The van der Waals surface area contributed by atoms with E-state index >= 15 is 0 Å². The summed E-state index contributed by atoms with van der Waals surface area (Å²) < 4.78 is 5.68. The van der Waals surface area contributed by atoms with E-state index in [1.165, 1.54) is 6.21 Å². The number of amides is 1. The zero-order chi connectivity index (χ0) is 18.7. The van der Waals surface area contributed by atoms with Gasteiger partial charge in [-0.25, -0.2) is 5.43 Å². The smallest absolute Gasteiger partial charge is 0.291 e. The second-order valence-corrected chi connectivity index (χ2v) is 7.26. The highest BCUT2D eigenvalue weighted by Gasteiger charge is 2.19. The van der Waals surface area contributed by atoms with Crippen molar-refractivity contribution >= 4 is 23.7 Å². The average molecular weight is 371 g/mol. The number of hydrogen-bond donors (Lipinski definition) is 2. The maximum Gasteiger partial charge on any atom is 0.291 e. The van der Waals surface area contributed by atoms with Crippen molar-refractivity contribution < 1.29 is 9.21 Å². The van der Waals surface area contributed by atoms with Crippen LogP contribution in [0.4, 0.5) is 0 Å². The molecule has 0 saturated carbocycles. The molecule has 0 aliphatic rings. The van der Waals surface area contributed by atoms with Gasteiger partial charge in [-0.3, -0.25) is 9.89 Å². The van der Waals surface area contributed by atoms with E-state index in [9.17, 15) is 4.79 Å². The van der Waals surface area contributed by atoms with Crippen LogP contribution in [0.2, 0.25) is 5.02 Å². The van der Waals surface area contributed by atoms with E-state index < -0.39 is 5.91 Å². The van der Waals surface area contributed by atoms with Gasteiger partial charge in [0.25, 0.3) is 5.91 Å². The summed E-state index contributed by atoms with van der Waals surface area (Å²) >= 11 is 5.88. The Morgan fingerprint density at radius 1 is 1.23 bits per heavy atom. The van der Waals surface area contributed by atoms with Crippen LogP contribution in [-0.2, 0) is 5.41 Å². The Morgan fingerprint density at radius 2 is 1.96 bits per heavy atom. The van der Waals surface area contributed by atoms with Crippen LogP contribution in [0.1, 0.15) is 42.7 Å². The Hall–Kier alpha value is -2.86. The SMILES string of the molecule is CC(C)(C)c1cc(C(=O)NN=Cc2ccc(-c3ccc(Cl)cc3)o2)n[nH]1. The fourth-order valence-electron chi connectivity index (χ4n) is 2.23. The third kappa shape index (κ3) is 4.21. The molecule has 3 aromatic rings. The zero-order valence-electron chi connectivity index (χ0n) is 14.7. The third-order valence-corrected chi connectivity index (χ3v) is 3.98. The lowest BCUT2D eigenvalue weighted by Gasteiger charge is -2.14. The molecule has 3 rings (SSSR count). The number of H-pyrrole nitrogens is 1. The largest absolute Gasteiger partial charge is 0.455 e. The van der Waals surface area contributed by atoms with Gasteiger partial charge in [0.15, 0.2) is 5.69 Å². The molecule has 0 aliphatic heterocycles. The summed E-state index contributed by atoms with van der Waals surface area (Å²) in [6.45, 7) is 6.11. The Morgan fingerprint density at radius 3 is 2.62 bits per heavy atom. The van der Waals surface area contributed by atoms with Crippen LogP contribution in [0.15, 0.2) is 52.0 Å². The lowest BCUT2D eigenvalue weighted by Crippen LogP contribution is -2.18. The van der Waals surface area contributed by atoms with Crippen LogP contribution in [0.25, 0.3) is 11.3 Å². The number of carbonyl (C=O) groups excluding carboxylic acids is 1. The highest BCUT2D eigenvalue weighted by atomic mass is 35.5. The van der Waals surface area contributed by atoms with Crippen LogP contribution in [0, 0.1) is 0 Å². The fourth-order valence-corrected chi connectivity index (χ4v) is 2.35. The quantitative estimate of drug-likeness (QED) is 0.528. The predicted molar refractivity (Wildman–Crippen MR) is 102 cm³/mol. The van der Waals surface area contributed by atoms with Gasteiger partial charge in [-0.2, -0.15) is 10.2 Å². The van der Waals surface area contributed by atoms with Gasteiger partial charge in [0.05, 0.1) is 6.21 Å². The molecule has 0 atom stereocenters. The highest BCUT2D eigenvalue weighted by molar-refractivity contribution is 6.30. The second kappa shape index (κ2) is 7.17. The van der Waals surface area contributed by atoms with Crippen molar-refractivity contribution in [2.45, 2.75) is 26.2 Å². The minimum Gasteiger partial charge on any atom is -0.455 e. The maximum absolute atomic E-state index is 12.1. The van der Waals surface area contributed by atoms with Gasteiger partial charge in [0, 0.05) is 21.7 Å². The summed E-state index contributed by atoms with van der Waals surface area (Å²) in [5.41, 5.74) is 4.40. The normalized spacial score (nSPS) is 11.8. The molecule has 0 bridgehead atoms. The van der Waals surface area contributed by atoms with E-state index in [4.69, 9.17) is 16.0 Å². The molecule has 134 valence electrons. The minimum absolute atomic E-state index is 0.110. The summed E-state index contributed by atoms with van der Waals surface area (Å²) in [4.78, 5) is 12.1. The lowest BCUT2D eigenvalue weighted by molar-refractivity contribution is 0.0950. The molecule has 0 fully saturated rings. The number of hydrogen-bond acceptors (Lipinski definition) is 4. The number of hydrazone groups is 1. The van der Waals surface area contributed by atoms with Crippen LogP contribution in [0.3, 0.4) is 0 Å². The highest BCUT2D eigenvalue weighted by Crippen LogP contribution is 2.23. The molecular weight excluding hydrogens is 352 g/mol. The lowest BCUT2D eigenvalue weighted by atomic mass is 9.92. The van der Waals surface area contributed by atoms with Gasteiger partial charge in [-0.15, -0.1) is 0 Å². The van der Waals surface area contributed by atoms with Crippen molar-refractivity contribution in [1.82, 2.24) is 15.6 Å². The number of nitrogens with zero attached hydrogens (tertiary/aromatic N) is 2. The van der Waals surface area contributed by atoms with E-state index in [2.05, 4.69) is 20.7 Å². The fraction of sp³-hybridized carbons (Fsp3) is 0.211. The molecule has 0 spiro atoms. The Kier molecular flexibility index (Phi) is 4.95. The molecule has 0 aliphatic carbocycles. The molecule has 2 heterocycles. The minimum atomic E-state index is -0.391. The number of aromatic nitrogens is 2. The Balaban J connectivity index is 1.63. The Bertz CT molecular complexity index is 933. The summed E-state index contributed by atoms with van der Waals surface area (Å²) in [6, 6.07) is 12.6. The molecule has 0 saturated heterocycles. The number of halogens is 1. The van der Waals surface area contributed by atoms with Gasteiger partial charge in [0.2, 0.25) is 0 Å². The van der Waals surface area contributed by atoms with E-state index in [0.29, 0.717) is 16.5 Å². The molecule has 0 radical (unpaired) electrons. The van der Waals surface area contributed by atoms with Crippen molar-refractivity contribution in [3.8, 4) is 11.3 Å². The van der Waals surface area contributed by atoms with Gasteiger partial charge in [-0.1, -0.05) is 32.4 Å². The summed E-state index contributed by atoms with van der Waals surface area (Å²) in [5, 5.41) is 11.5. The number of benzene rings is 1. The maximum atomic E-state index is 12.1. The first-order valence-electron chi connectivity index (χ1n) is 8.08. The molecule has 0 unspecified atom stereocenters. The van der Waals surface area contributed by atoms with E-state index in [1.54, 1.807) is 24.3 Å². The molecule has 7 heteroatoms. The summed E-state index contributed by atoms with van der Waals surface area (Å²) in [6.07, 6.45) is 1.44. The van der Waals surface area contributed by atoms with Crippen LogP contribution >= 0.6 is 11.6 Å². The first-order chi connectivity index (χ1) is 12.3.